The fourth-order valence-corrected chi connectivity index (χ4v) is 6.18. The molecule has 0 atom stereocenters. The maximum atomic E-state index is 12.9. The van der Waals surface area contributed by atoms with Crippen LogP contribution in [0.15, 0.2) is 24.3 Å². The van der Waals surface area contributed by atoms with Crippen LogP contribution in [0.3, 0.4) is 0 Å². The first-order valence-electron chi connectivity index (χ1n) is 15.7. The summed E-state index contributed by atoms with van der Waals surface area (Å²) in [5, 5.41) is 23.9. The summed E-state index contributed by atoms with van der Waals surface area (Å²) in [6.07, 6.45) is 7.04. The van der Waals surface area contributed by atoms with Crippen molar-refractivity contribution in [2.24, 2.45) is 0 Å². The van der Waals surface area contributed by atoms with Gasteiger partial charge < -0.3 is 9.47 Å². The molecule has 11 heteroatoms. The van der Waals surface area contributed by atoms with Crippen LogP contribution < -0.4 is 0 Å². The molecule has 2 aromatic carbocycles. The van der Waals surface area contributed by atoms with E-state index in [4.69, 9.17) is 9.47 Å². The molecule has 244 valence electrons. The van der Waals surface area contributed by atoms with E-state index in [1.54, 1.807) is 12.1 Å². The summed E-state index contributed by atoms with van der Waals surface area (Å²) in [5.41, 5.74) is 3.31. The summed E-state index contributed by atoms with van der Waals surface area (Å²) in [7, 11) is 7.50. The number of nitrogens with zero attached hydrogens (tertiary/aromatic N) is 4. The minimum Gasteiger partial charge on any atom is -0.429 e. The fourth-order valence-electron chi connectivity index (χ4n) is 6.18. The molecule has 4 rings (SSSR count). The molecule has 0 amide bonds. The highest BCUT2D eigenvalue weighted by Crippen LogP contribution is 2.40. The second-order valence-corrected chi connectivity index (χ2v) is 12.5. The molecule has 2 aromatic rings. The Morgan fingerprint density at radius 3 is 1.41 bits per heavy atom. The third-order valence-electron chi connectivity index (χ3n) is 8.43. The number of carbonyl (C=O) groups excluding carboxylic acids is 1. The Hall–Kier alpha value is -4.45. The summed E-state index contributed by atoms with van der Waals surface area (Å²) in [6.45, 7) is 0.523. The summed E-state index contributed by atoms with van der Waals surface area (Å²) in [6, 6.07) is 6.46. The van der Waals surface area contributed by atoms with E-state index in [9.17, 15) is 25.0 Å². The van der Waals surface area contributed by atoms with Gasteiger partial charge in [0.15, 0.2) is 0 Å². The molecule has 0 radical (unpaired) electrons. The second kappa shape index (κ2) is 16.2. The molecular weight excluding hydrogens is 588 g/mol. The number of benzene rings is 2. The molecule has 2 saturated carbocycles. The van der Waals surface area contributed by atoms with Gasteiger partial charge >= 0.3 is 6.16 Å². The third kappa shape index (κ3) is 9.29. The van der Waals surface area contributed by atoms with Crippen molar-refractivity contribution in [1.29, 1.82) is 0 Å². The van der Waals surface area contributed by atoms with Crippen LogP contribution >= 0.6 is 0 Å². The van der Waals surface area contributed by atoms with Gasteiger partial charge in [-0.25, -0.2) is 4.79 Å². The van der Waals surface area contributed by atoms with Crippen molar-refractivity contribution >= 4 is 17.5 Å². The van der Waals surface area contributed by atoms with Crippen molar-refractivity contribution < 1.29 is 24.1 Å². The van der Waals surface area contributed by atoms with Gasteiger partial charge in [0, 0.05) is 12.1 Å². The molecule has 46 heavy (non-hydrogen) atoms. The van der Waals surface area contributed by atoms with Gasteiger partial charge in [-0.1, -0.05) is 49.4 Å². The zero-order valence-corrected chi connectivity index (χ0v) is 27.1. The van der Waals surface area contributed by atoms with Gasteiger partial charge in [0.1, 0.15) is 24.3 Å². The van der Waals surface area contributed by atoms with Crippen LogP contribution in [0, 0.1) is 43.9 Å². The third-order valence-corrected chi connectivity index (χ3v) is 8.43. The summed E-state index contributed by atoms with van der Waals surface area (Å²) < 4.78 is 11.0. The molecule has 0 spiro atoms. The van der Waals surface area contributed by atoms with Crippen LogP contribution in [0.1, 0.15) is 96.6 Å². The normalized spacial score (nSPS) is 14.9. The molecule has 0 bridgehead atoms. The molecule has 11 nitrogen and oxygen atoms in total. The van der Waals surface area contributed by atoms with Crippen LogP contribution in [0.25, 0.3) is 0 Å². The number of rotatable bonds is 10. The molecular formula is C35H42N4O7. The minimum atomic E-state index is -0.954. The Labute approximate surface area is 270 Å². The fraction of sp³-hybridized carbons (Fsp3) is 0.514. The maximum Gasteiger partial charge on any atom is 0.508 e. The monoisotopic (exact) mass is 630 g/mol. The van der Waals surface area contributed by atoms with E-state index in [0.717, 1.165) is 62.5 Å². The van der Waals surface area contributed by atoms with E-state index < -0.39 is 16.0 Å². The predicted molar refractivity (Wildman–Crippen MR) is 174 cm³/mol. The lowest BCUT2D eigenvalue weighted by molar-refractivity contribution is -0.385. The quantitative estimate of drug-likeness (QED) is 0.125. The largest absolute Gasteiger partial charge is 0.508 e. The van der Waals surface area contributed by atoms with Gasteiger partial charge in [0.25, 0.3) is 11.4 Å². The highest BCUT2D eigenvalue weighted by atomic mass is 16.7. The van der Waals surface area contributed by atoms with E-state index >= 15 is 0 Å². The minimum absolute atomic E-state index is 0.137. The Kier molecular flexibility index (Phi) is 12.1. The van der Waals surface area contributed by atoms with Crippen molar-refractivity contribution in [2.75, 3.05) is 41.3 Å². The van der Waals surface area contributed by atoms with Crippen LogP contribution in [-0.2, 0) is 22.7 Å². The first-order valence-corrected chi connectivity index (χ1v) is 15.7. The van der Waals surface area contributed by atoms with Crippen molar-refractivity contribution in [1.82, 2.24) is 9.80 Å². The highest BCUT2D eigenvalue weighted by molar-refractivity contribution is 5.62. The van der Waals surface area contributed by atoms with Crippen molar-refractivity contribution in [3.05, 3.63) is 77.9 Å². The van der Waals surface area contributed by atoms with Crippen molar-refractivity contribution in [3.8, 4) is 23.7 Å². The predicted octanol–water partition coefficient (Wildman–Crippen LogP) is 6.50. The highest BCUT2D eigenvalue weighted by Gasteiger charge is 2.27. The molecule has 2 aliphatic rings. The Morgan fingerprint density at radius 1 is 0.717 bits per heavy atom. The summed E-state index contributed by atoms with van der Waals surface area (Å²) in [4.78, 5) is 39.6. The number of carbonyl (C=O) groups is 1. The SMILES string of the molecule is CN(C)CC#Cc1cc(C2CCCC2)c(COC(=O)OCc2cc([N+](=O)[O-])c(C#CCN(C)C)cc2C2CCCC2)cc1[N+](=O)[O-]. The molecule has 0 heterocycles. The molecule has 0 aliphatic heterocycles. The Morgan fingerprint density at radius 2 is 1.09 bits per heavy atom. The number of nitro groups is 2. The van der Waals surface area contributed by atoms with Gasteiger partial charge in [-0.05, 0) is 100 Å². The summed E-state index contributed by atoms with van der Waals surface area (Å²) >= 11 is 0. The number of hydrogen-bond acceptors (Lipinski definition) is 9. The Bertz CT molecular complexity index is 1450. The first-order chi connectivity index (χ1) is 22.0. The molecule has 0 saturated heterocycles. The van der Waals surface area contributed by atoms with E-state index in [-0.39, 0.29) is 36.4 Å². The van der Waals surface area contributed by atoms with Gasteiger partial charge in [0.05, 0.1) is 22.9 Å². The van der Waals surface area contributed by atoms with Gasteiger partial charge in [-0.3, -0.25) is 30.0 Å². The standard InChI is InChI=1S/C35H42N4O7/c1-36(2)17-9-15-27-19-31(25-11-5-6-12-25)29(21-33(27)38(41)42)23-45-35(40)46-24-30-22-34(39(43)44)28(16-10-18-37(3)4)20-32(30)26-13-7-8-14-26/h19-22,25-26H,5-8,11-14,17-18,23-24H2,1-4H3. The maximum absolute atomic E-state index is 12.9. The lowest BCUT2D eigenvalue weighted by atomic mass is 9.90. The average molecular weight is 631 g/mol. The van der Waals surface area contributed by atoms with E-state index in [0.29, 0.717) is 35.3 Å². The van der Waals surface area contributed by atoms with Crippen LogP contribution in [0.4, 0.5) is 16.2 Å². The van der Waals surface area contributed by atoms with Gasteiger partial charge in [0.2, 0.25) is 0 Å². The molecule has 0 aromatic heterocycles. The summed E-state index contributed by atoms with van der Waals surface area (Å²) in [5.74, 6) is 12.3. The average Bonchev–Trinajstić information content (AvgIpc) is 3.74. The molecule has 0 N–H and O–H groups in total. The van der Waals surface area contributed by atoms with Crippen LogP contribution in [0.5, 0.6) is 0 Å². The zero-order valence-electron chi connectivity index (χ0n) is 27.1. The topological polar surface area (TPSA) is 128 Å². The Balaban J connectivity index is 1.55. The van der Waals surface area contributed by atoms with E-state index in [1.165, 1.54) is 12.1 Å². The number of nitro benzene ring substituents is 2. The number of hydrogen-bond donors (Lipinski definition) is 0. The first kappa shape index (κ1) is 34.4. The molecule has 2 aliphatic carbocycles. The van der Waals surface area contributed by atoms with Crippen LogP contribution in [-0.4, -0.2) is 67.1 Å². The van der Waals surface area contributed by atoms with E-state index in [1.807, 2.05) is 38.0 Å². The van der Waals surface area contributed by atoms with Gasteiger partial charge in [-0.15, -0.1) is 0 Å². The van der Waals surface area contributed by atoms with Crippen molar-refractivity contribution in [3.63, 3.8) is 0 Å². The molecule has 2 fully saturated rings. The van der Waals surface area contributed by atoms with Gasteiger partial charge in [-0.2, -0.15) is 0 Å². The number of ether oxygens (including phenoxy) is 2. The van der Waals surface area contributed by atoms with Crippen LogP contribution in [0.2, 0.25) is 0 Å². The zero-order chi connectivity index (χ0) is 33.2. The lowest BCUT2D eigenvalue weighted by Gasteiger charge is -2.18. The lowest BCUT2D eigenvalue weighted by Crippen LogP contribution is -2.12. The second-order valence-electron chi connectivity index (χ2n) is 12.5. The molecule has 0 unspecified atom stereocenters. The van der Waals surface area contributed by atoms with Crippen molar-refractivity contribution in [2.45, 2.75) is 76.4 Å². The smallest absolute Gasteiger partial charge is 0.429 e. The van der Waals surface area contributed by atoms with E-state index in [2.05, 4.69) is 23.7 Å².